The first-order valence-electron chi connectivity index (χ1n) is 6.19. The van der Waals surface area contributed by atoms with Crippen LogP contribution in [-0.2, 0) is 7.05 Å². The monoisotopic (exact) mass is 361 g/mol. The fourth-order valence-electron chi connectivity index (χ4n) is 2.27. The van der Waals surface area contributed by atoms with Crippen molar-refractivity contribution in [2.75, 3.05) is 0 Å². The van der Waals surface area contributed by atoms with Crippen LogP contribution in [0.15, 0.2) is 60.8 Å². The van der Waals surface area contributed by atoms with Crippen molar-refractivity contribution in [3.8, 4) is 11.1 Å². The Hall–Kier alpha value is -1.42. The SMILES string of the molecule is Cc1cc2ccc(-c3ccccc3)cc2c[n+]1C.[I-]. The van der Waals surface area contributed by atoms with Crippen LogP contribution in [0.25, 0.3) is 21.9 Å². The highest BCUT2D eigenvalue weighted by Gasteiger charge is 2.05. The highest BCUT2D eigenvalue weighted by molar-refractivity contribution is 5.86. The van der Waals surface area contributed by atoms with Gasteiger partial charge in [-0.1, -0.05) is 42.5 Å². The number of benzene rings is 2. The molecule has 2 heteroatoms. The van der Waals surface area contributed by atoms with Crippen molar-refractivity contribution >= 4 is 10.8 Å². The van der Waals surface area contributed by atoms with E-state index in [1.807, 2.05) is 6.07 Å². The van der Waals surface area contributed by atoms with E-state index >= 15 is 0 Å². The van der Waals surface area contributed by atoms with Crippen molar-refractivity contribution in [2.24, 2.45) is 7.05 Å². The fourth-order valence-corrected chi connectivity index (χ4v) is 2.27. The lowest BCUT2D eigenvalue weighted by molar-refractivity contribution is -0.676. The summed E-state index contributed by atoms with van der Waals surface area (Å²) in [5.74, 6) is 0. The quantitative estimate of drug-likeness (QED) is 0.443. The van der Waals surface area contributed by atoms with Crippen molar-refractivity contribution < 1.29 is 28.5 Å². The number of hydrogen-bond acceptors (Lipinski definition) is 0. The second-order valence-electron chi connectivity index (χ2n) is 4.74. The van der Waals surface area contributed by atoms with E-state index < -0.39 is 0 Å². The number of aromatic nitrogens is 1. The van der Waals surface area contributed by atoms with Crippen LogP contribution >= 0.6 is 0 Å². The Kier molecular flexibility index (Phi) is 4.20. The van der Waals surface area contributed by atoms with Crippen LogP contribution in [-0.4, -0.2) is 0 Å². The number of nitrogens with zero attached hydrogens (tertiary/aromatic N) is 1. The highest BCUT2D eigenvalue weighted by Crippen LogP contribution is 2.23. The molecule has 3 rings (SSSR count). The molecule has 0 atom stereocenters. The molecule has 96 valence electrons. The van der Waals surface area contributed by atoms with Gasteiger partial charge in [0.2, 0.25) is 0 Å². The lowest BCUT2D eigenvalue weighted by atomic mass is 10.0. The predicted octanol–water partition coefficient (Wildman–Crippen LogP) is 0.644. The normalized spacial score (nSPS) is 10.2. The molecule has 0 N–H and O–H groups in total. The van der Waals surface area contributed by atoms with E-state index in [4.69, 9.17) is 0 Å². The van der Waals surface area contributed by atoms with Crippen molar-refractivity contribution in [2.45, 2.75) is 6.92 Å². The first kappa shape index (κ1) is 14.0. The molecule has 0 aliphatic carbocycles. The van der Waals surface area contributed by atoms with Crippen LogP contribution in [0.2, 0.25) is 0 Å². The minimum Gasteiger partial charge on any atom is -1.00 e. The maximum atomic E-state index is 2.25. The van der Waals surface area contributed by atoms with Gasteiger partial charge in [-0.3, -0.25) is 0 Å². The van der Waals surface area contributed by atoms with Gasteiger partial charge in [-0.05, 0) is 22.6 Å². The van der Waals surface area contributed by atoms with Crippen LogP contribution in [0.1, 0.15) is 5.69 Å². The maximum Gasteiger partial charge on any atom is 0.178 e. The van der Waals surface area contributed by atoms with E-state index in [0.29, 0.717) is 0 Å². The van der Waals surface area contributed by atoms with E-state index in [9.17, 15) is 0 Å². The summed E-state index contributed by atoms with van der Waals surface area (Å²) in [4.78, 5) is 0. The number of rotatable bonds is 1. The van der Waals surface area contributed by atoms with Crippen molar-refractivity contribution in [3.05, 3.63) is 66.5 Å². The van der Waals surface area contributed by atoms with Crippen molar-refractivity contribution in [1.29, 1.82) is 0 Å². The summed E-state index contributed by atoms with van der Waals surface area (Å²) in [6.45, 7) is 2.13. The molecule has 3 aromatic rings. The molecule has 2 aromatic carbocycles. The van der Waals surface area contributed by atoms with E-state index in [0.717, 1.165) is 0 Å². The minimum atomic E-state index is 0. The number of aryl methyl sites for hydroxylation is 2. The molecule has 0 aliphatic heterocycles. The molecule has 0 fully saturated rings. The zero-order chi connectivity index (χ0) is 12.5. The van der Waals surface area contributed by atoms with Gasteiger partial charge in [-0.15, -0.1) is 0 Å². The van der Waals surface area contributed by atoms with Gasteiger partial charge in [-0.25, -0.2) is 4.57 Å². The highest BCUT2D eigenvalue weighted by atomic mass is 127. The van der Waals surface area contributed by atoms with Gasteiger partial charge in [0.25, 0.3) is 0 Å². The Morgan fingerprint density at radius 2 is 1.53 bits per heavy atom. The Morgan fingerprint density at radius 1 is 0.789 bits per heavy atom. The number of fused-ring (bicyclic) bond motifs is 1. The predicted molar refractivity (Wildman–Crippen MR) is 75.3 cm³/mol. The van der Waals surface area contributed by atoms with Crippen molar-refractivity contribution in [1.82, 2.24) is 0 Å². The van der Waals surface area contributed by atoms with E-state index in [1.54, 1.807) is 0 Å². The molecule has 0 spiro atoms. The molecule has 0 amide bonds. The third-order valence-corrected chi connectivity index (χ3v) is 3.45. The Bertz CT molecular complexity index is 705. The standard InChI is InChI=1S/C17H16N.HI/c1-13-10-15-8-9-16(11-17(15)12-18(13)2)14-6-4-3-5-7-14;/h3-12H,1-2H3;1H/q+1;/p-1. The summed E-state index contributed by atoms with van der Waals surface area (Å²) >= 11 is 0. The Balaban J connectivity index is 0.00000133. The van der Waals surface area contributed by atoms with Gasteiger partial charge in [-0.2, -0.15) is 0 Å². The molecule has 0 unspecified atom stereocenters. The molecule has 0 aliphatic rings. The molecule has 1 aromatic heterocycles. The molecule has 19 heavy (non-hydrogen) atoms. The summed E-state index contributed by atoms with van der Waals surface area (Å²) in [7, 11) is 2.09. The minimum absolute atomic E-state index is 0. The average molecular weight is 361 g/mol. The van der Waals surface area contributed by atoms with Gasteiger partial charge in [0, 0.05) is 18.4 Å². The number of halogens is 1. The van der Waals surface area contributed by atoms with E-state index in [1.165, 1.54) is 27.6 Å². The van der Waals surface area contributed by atoms with Gasteiger partial charge < -0.3 is 24.0 Å². The summed E-state index contributed by atoms with van der Waals surface area (Å²) in [5.41, 5.74) is 3.81. The Labute approximate surface area is 130 Å². The molecule has 1 heterocycles. The van der Waals surface area contributed by atoms with Crippen LogP contribution in [0.4, 0.5) is 0 Å². The van der Waals surface area contributed by atoms with Crippen LogP contribution in [0.3, 0.4) is 0 Å². The molecular weight excluding hydrogens is 345 g/mol. The second kappa shape index (κ2) is 5.70. The lowest BCUT2D eigenvalue weighted by Gasteiger charge is -2.04. The van der Waals surface area contributed by atoms with Crippen LogP contribution < -0.4 is 28.5 Å². The zero-order valence-electron chi connectivity index (χ0n) is 11.1. The van der Waals surface area contributed by atoms with Gasteiger partial charge in [0.05, 0.1) is 0 Å². The smallest absolute Gasteiger partial charge is 0.178 e. The second-order valence-corrected chi connectivity index (χ2v) is 4.74. The first-order valence-corrected chi connectivity index (χ1v) is 6.19. The first-order chi connectivity index (χ1) is 8.74. The van der Waals surface area contributed by atoms with Crippen LogP contribution in [0.5, 0.6) is 0 Å². The summed E-state index contributed by atoms with van der Waals surface area (Å²) in [5, 5.41) is 2.58. The molecule has 0 bridgehead atoms. The van der Waals surface area contributed by atoms with E-state index in [2.05, 4.69) is 73.3 Å². The molecule has 0 saturated carbocycles. The van der Waals surface area contributed by atoms with Crippen molar-refractivity contribution in [3.63, 3.8) is 0 Å². The van der Waals surface area contributed by atoms with E-state index in [-0.39, 0.29) is 24.0 Å². The van der Waals surface area contributed by atoms with Gasteiger partial charge in [0.1, 0.15) is 7.05 Å². The number of hydrogen-bond donors (Lipinski definition) is 0. The molecule has 0 saturated heterocycles. The number of pyridine rings is 1. The molecule has 1 nitrogen and oxygen atoms in total. The summed E-state index contributed by atoms with van der Waals surface area (Å²) in [6, 6.07) is 19.4. The maximum absolute atomic E-state index is 2.25. The third-order valence-electron chi connectivity index (χ3n) is 3.45. The van der Waals surface area contributed by atoms with Gasteiger partial charge >= 0.3 is 0 Å². The Morgan fingerprint density at radius 3 is 2.26 bits per heavy atom. The van der Waals surface area contributed by atoms with Gasteiger partial charge in [0.15, 0.2) is 11.9 Å². The summed E-state index contributed by atoms with van der Waals surface area (Å²) in [6.07, 6.45) is 2.19. The zero-order valence-corrected chi connectivity index (χ0v) is 13.3. The summed E-state index contributed by atoms with van der Waals surface area (Å²) < 4.78 is 2.16. The van der Waals surface area contributed by atoms with Crippen LogP contribution in [0, 0.1) is 6.92 Å². The average Bonchev–Trinajstić information content (AvgIpc) is 2.41. The molecule has 0 radical (unpaired) electrons. The largest absolute Gasteiger partial charge is 1.00 e. The lowest BCUT2D eigenvalue weighted by Crippen LogP contribution is -3.00. The third kappa shape index (κ3) is 2.78. The fraction of sp³-hybridized carbons (Fsp3) is 0.118. The topological polar surface area (TPSA) is 3.88 Å². The molecular formula is C17H16IN.